The van der Waals surface area contributed by atoms with Gasteiger partial charge in [0.25, 0.3) is 0 Å². The Morgan fingerprint density at radius 3 is 1.95 bits per heavy atom. The molecule has 0 bridgehead atoms. The fraction of sp³-hybridized carbons (Fsp3) is 0.245. The van der Waals surface area contributed by atoms with Crippen LogP contribution in [-0.4, -0.2) is 24.7 Å². The van der Waals surface area contributed by atoms with E-state index in [9.17, 15) is 0 Å². The zero-order valence-corrected chi connectivity index (χ0v) is 33.3. The lowest BCUT2D eigenvalue weighted by atomic mass is 9.78. The summed E-state index contributed by atoms with van der Waals surface area (Å²) >= 11 is 0. The lowest BCUT2D eigenvalue weighted by Gasteiger charge is -2.26. The normalized spacial score (nSPS) is 12.5. The van der Waals surface area contributed by atoms with Crippen LogP contribution in [0.2, 0.25) is 0 Å². The number of hydrogen-bond donors (Lipinski definition) is 1. The van der Waals surface area contributed by atoms with Crippen molar-refractivity contribution < 1.29 is 4.74 Å². The summed E-state index contributed by atoms with van der Waals surface area (Å²) in [6.45, 7) is 20.3. The Morgan fingerprint density at radius 2 is 1.24 bits per heavy atom. The highest BCUT2D eigenvalue weighted by atomic mass is 16.5. The van der Waals surface area contributed by atoms with Gasteiger partial charge in [-0.15, -0.1) is 0 Å². The zero-order chi connectivity index (χ0) is 38.7. The van der Waals surface area contributed by atoms with Crippen LogP contribution in [-0.2, 0) is 16.2 Å². The van der Waals surface area contributed by atoms with Gasteiger partial charge in [0.1, 0.15) is 17.3 Å². The summed E-state index contributed by atoms with van der Waals surface area (Å²) in [7, 11) is 0. The van der Waals surface area contributed by atoms with Crippen LogP contribution in [0.1, 0.15) is 79.0 Å². The average molecular weight is 724 g/mol. The first-order valence-corrected chi connectivity index (χ1v) is 19.1. The standard InChI is InChI=1S/C49H49N5O/c1-47(2,3)33-24-25-50-42(29-33)54-40-20-14-13-18-37(40)38-23-22-36(30-41(38)54)55-43-21-15-19-39(51-43)46-44(45(52-53-46)31-16-11-10-12-17-31)32-26-34(48(4,5)6)28-35(27-32)49(7,8)9/h10-30H,1-9H3,(H,52,53). The van der Waals surface area contributed by atoms with E-state index in [1.807, 2.05) is 36.5 Å². The third kappa shape index (κ3) is 6.93. The van der Waals surface area contributed by atoms with Crippen LogP contribution in [0, 0.1) is 0 Å². The van der Waals surface area contributed by atoms with Crippen molar-refractivity contribution in [3.63, 3.8) is 0 Å². The van der Waals surface area contributed by atoms with Gasteiger partial charge in [-0.3, -0.25) is 9.67 Å². The lowest BCUT2D eigenvalue weighted by molar-refractivity contribution is 0.464. The zero-order valence-electron chi connectivity index (χ0n) is 33.3. The molecular weight excluding hydrogens is 675 g/mol. The minimum Gasteiger partial charge on any atom is -0.439 e. The van der Waals surface area contributed by atoms with E-state index in [-0.39, 0.29) is 16.2 Å². The number of nitrogens with zero attached hydrogens (tertiary/aromatic N) is 4. The van der Waals surface area contributed by atoms with E-state index >= 15 is 0 Å². The highest BCUT2D eigenvalue weighted by molar-refractivity contribution is 6.09. The molecule has 4 aromatic carbocycles. The van der Waals surface area contributed by atoms with Crippen molar-refractivity contribution in [2.24, 2.45) is 0 Å². The molecule has 6 heteroatoms. The molecule has 0 aliphatic rings. The van der Waals surface area contributed by atoms with E-state index in [4.69, 9.17) is 19.8 Å². The van der Waals surface area contributed by atoms with Gasteiger partial charge in [0.2, 0.25) is 5.88 Å². The molecule has 0 amide bonds. The van der Waals surface area contributed by atoms with E-state index in [2.05, 4.69) is 163 Å². The number of rotatable bonds is 6. The molecule has 0 fully saturated rings. The Hall–Kier alpha value is -6.01. The van der Waals surface area contributed by atoms with Crippen LogP contribution in [0.15, 0.2) is 128 Å². The molecule has 0 unspecified atom stereocenters. The molecule has 0 atom stereocenters. The van der Waals surface area contributed by atoms with E-state index in [1.165, 1.54) is 22.1 Å². The molecule has 6 nitrogen and oxygen atoms in total. The average Bonchev–Trinajstić information content (AvgIpc) is 3.74. The number of H-pyrrole nitrogens is 1. The van der Waals surface area contributed by atoms with Crippen LogP contribution in [0.25, 0.3) is 61.4 Å². The Bertz CT molecular complexity index is 2650. The summed E-state index contributed by atoms with van der Waals surface area (Å²) in [5.41, 5.74) is 11.4. The van der Waals surface area contributed by atoms with Crippen LogP contribution >= 0.6 is 0 Å². The molecule has 276 valence electrons. The topological polar surface area (TPSA) is 68.6 Å². The number of para-hydroxylation sites is 1. The Kier molecular flexibility index (Phi) is 8.76. The Balaban J connectivity index is 1.24. The highest BCUT2D eigenvalue weighted by Crippen LogP contribution is 2.42. The quantitative estimate of drug-likeness (QED) is 0.185. The first kappa shape index (κ1) is 36.0. The van der Waals surface area contributed by atoms with Gasteiger partial charge in [-0.05, 0) is 74.9 Å². The molecule has 0 spiro atoms. The fourth-order valence-corrected chi connectivity index (χ4v) is 7.25. The predicted octanol–water partition coefficient (Wildman–Crippen LogP) is 13.0. The van der Waals surface area contributed by atoms with Crippen LogP contribution in [0.5, 0.6) is 11.6 Å². The van der Waals surface area contributed by atoms with Gasteiger partial charge in [-0.1, -0.05) is 135 Å². The maximum absolute atomic E-state index is 6.60. The van der Waals surface area contributed by atoms with Crippen molar-refractivity contribution in [1.82, 2.24) is 24.7 Å². The SMILES string of the molecule is CC(C)(C)c1cc(-c2c(-c3ccccc3)n[nH]c2-c2cccc(Oc3ccc4c5ccccc5n(-c5cc(C(C)(C)C)ccn5)c4c3)n2)cc(C(C)(C)C)c1. The molecular formula is C49H49N5O. The largest absolute Gasteiger partial charge is 0.439 e. The summed E-state index contributed by atoms with van der Waals surface area (Å²) in [5, 5.41) is 10.6. The van der Waals surface area contributed by atoms with Crippen LogP contribution in [0.4, 0.5) is 0 Å². The monoisotopic (exact) mass is 723 g/mol. The molecule has 8 aromatic rings. The van der Waals surface area contributed by atoms with Crippen LogP contribution < -0.4 is 4.74 Å². The summed E-state index contributed by atoms with van der Waals surface area (Å²) in [4.78, 5) is 9.95. The molecule has 0 saturated carbocycles. The second-order valence-corrected chi connectivity index (χ2v) is 17.6. The van der Waals surface area contributed by atoms with Gasteiger partial charge < -0.3 is 4.74 Å². The fourth-order valence-electron chi connectivity index (χ4n) is 7.25. The number of hydrogen-bond acceptors (Lipinski definition) is 4. The van der Waals surface area contributed by atoms with Crippen molar-refractivity contribution in [3.05, 3.63) is 144 Å². The summed E-state index contributed by atoms with van der Waals surface area (Å²) in [6.07, 6.45) is 1.91. The molecule has 1 N–H and O–H groups in total. The lowest BCUT2D eigenvalue weighted by Crippen LogP contribution is -2.16. The third-order valence-electron chi connectivity index (χ3n) is 10.5. The summed E-state index contributed by atoms with van der Waals surface area (Å²) in [5.74, 6) is 2.06. The number of aromatic nitrogens is 5. The number of aromatic amines is 1. The molecule has 0 aliphatic heterocycles. The maximum Gasteiger partial charge on any atom is 0.219 e. The minimum atomic E-state index is -0.0446. The van der Waals surface area contributed by atoms with E-state index in [0.717, 1.165) is 56.0 Å². The Morgan fingerprint density at radius 1 is 0.564 bits per heavy atom. The van der Waals surface area contributed by atoms with Crippen molar-refractivity contribution in [2.75, 3.05) is 0 Å². The van der Waals surface area contributed by atoms with Gasteiger partial charge in [-0.2, -0.15) is 5.10 Å². The molecule has 8 rings (SSSR count). The molecule has 0 radical (unpaired) electrons. The predicted molar refractivity (Wildman–Crippen MR) is 227 cm³/mol. The van der Waals surface area contributed by atoms with E-state index in [1.54, 1.807) is 0 Å². The van der Waals surface area contributed by atoms with Gasteiger partial charge >= 0.3 is 0 Å². The number of pyridine rings is 2. The van der Waals surface area contributed by atoms with Gasteiger partial charge in [0.15, 0.2) is 0 Å². The molecule has 0 aliphatic carbocycles. The number of ether oxygens (including phenoxy) is 1. The molecule has 55 heavy (non-hydrogen) atoms. The second kappa shape index (κ2) is 13.4. The van der Waals surface area contributed by atoms with Gasteiger partial charge in [-0.25, -0.2) is 9.97 Å². The summed E-state index contributed by atoms with van der Waals surface area (Å²) in [6, 6.07) is 42.3. The first-order chi connectivity index (χ1) is 26.1. The highest BCUT2D eigenvalue weighted by Gasteiger charge is 2.26. The summed E-state index contributed by atoms with van der Waals surface area (Å²) < 4.78 is 8.83. The molecule has 4 heterocycles. The van der Waals surface area contributed by atoms with E-state index < -0.39 is 0 Å². The molecule has 0 saturated heterocycles. The van der Waals surface area contributed by atoms with Crippen molar-refractivity contribution in [1.29, 1.82) is 0 Å². The molecule has 4 aromatic heterocycles. The van der Waals surface area contributed by atoms with Crippen molar-refractivity contribution in [2.45, 2.75) is 78.6 Å². The van der Waals surface area contributed by atoms with Crippen molar-refractivity contribution >= 4 is 21.8 Å². The van der Waals surface area contributed by atoms with Crippen molar-refractivity contribution in [3.8, 4) is 51.2 Å². The third-order valence-corrected chi connectivity index (χ3v) is 10.5. The second-order valence-electron chi connectivity index (χ2n) is 17.6. The van der Waals surface area contributed by atoms with Crippen LogP contribution in [0.3, 0.4) is 0 Å². The minimum absolute atomic E-state index is 0.0118. The number of nitrogens with one attached hydrogen (secondary N) is 1. The van der Waals surface area contributed by atoms with Gasteiger partial charge in [0.05, 0.1) is 22.4 Å². The smallest absolute Gasteiger partial charge is 0.219 e. The number of benzene rings is 4. The maximum atomic E-state index is 6.60. The van der Waals surface area contributed by atoms with Gasteiger partial charge in [0, 0.05) is 40.2 Å². The first-order valence-electron chi connectivity index (χ1n) is 19.1. The van der Waals surface area contributed by atoms with E-state index in [0.29, 0.717) is 11.6 Å². The number of fused-ring (bicyclic) bond motifs is 3. The Labute approximate surface area is 324 Å².